The van der Waals surface area contributed by atoms with Crippen LogP contribution in [0.25, 0.3) is 0 Å². The summed E-state index contributed by atoms with van der Waals surface area (Å²) in [5, 5.41) is 22.5. The SMILES string of the molecule is O=C(NCCCc1ncn[nH]1)Nc1ccc(Br)c([N+](=O)[O-])c1. The number of benzene rings is 1. The predicted molar refractivity (Wildman–Crippen MR) is 82.5 cm³/mol. The molecule has 3 N–H and O–H groups in total. The monoisotopic (exact) mass is 368 g/mol. The van der Waals surface area contributed by atoms with Crippen LogP contribution in [0.2, 0.25) is 0 Å². The fraction of sp³-hybridized carbons (Fsp3) is 0.250. The number of aromatic amines is 1. The average Bonchev–Trinajstić information content (AvgIpc) is 2.98. The minimum atomic E-state index is -0.523. The smallest absolute Gasteiger partial charge is 0.319 e. The number of halogens is 1. The Balaban J connectivity index is 1.79. The van der Waals surface area contributed by atoms with Crippen LogP contribution < -0.4 is 10.6 Å². The summed E-state index contributed by atoms with van der Waals surface area (Å²) in [5.74, 6) is 0.755. The molecule has 1 aromatic heterocycles. The molecular weight excluding hydrogens is 356 g/mol. The van der Waals surface area contributed by atoms with Crippen molar-refractivity contribution in [3.8, 4) is 0 Å². The van der Waals surface area contributed by atoms with Gasteiger partial charge in [0, 0.05) is 24.7 Å². The van der Waals surface area contributed by atoms with E-state index >= 15 is 0 Å². The molecular formula is C12H13BrN6O3. The third-order valence-electron chi connectivity index (χ3n) is 2.74. The maximum atomic E-state index is 11.7. The number of nitro benzene ring substituents is 1. The molecule has 0 radical (unpaired) electrons. The van der Waals surface area contributed by atoms with Crippen LogP contribution in [0.4, 0.5) is 16.2 Å². The van der Waals surface area contributed by atoms with Crippen molar-refractivity contribution in [2.24, 2.45) is 0 Å². The first-order chi connectivity index (χ1) is 10.6. The van der Waals surface area contributed by atoms with E-state index in [0.717, 1.165) is 5.82 Å². The first kappa shape index (κ1) is 15.9. The molecule has 2 aromatic rings. The topological polar surface area (TPSA) is 126 Å². The van der Waals surface area contributed by atoms with E-state index in [1.807, 2.05) is 0 Å². The Labute approximate surface area is 133 Å². The zero-order valence-corrected chi connectivity index (χ0v) is 13.0. The summed E-state index contributed by atoms with van der Waals surface area (Å²) in [6.45, 7) is 0.450. The van der Waals surface area contributed by atoms with E-state index in [9.17, 15) is 14.9 Å². The van der Waals surface area contributed by atoms with Gasteiger partial charge in [-0.2, -0.15) is 5.10 Å². The maximum absolute atomic E-state index is 11.7. The van der Waals surface area contributed by atoms with E-state index in [0.29, 0.717) is 29.5 Å². The van der Waals surface area contributed by atoms with Gasteiger partial charge in [0.1, 0.15) is 12.2 Å². The largest absolute Gasteiger partial charge is 0.338 e. The first-order valence-electron chi connectivity index (χ1n) is 6.39. The second-order valence-corrected chi connectivity index (χ2v) is 5.19. The van der Waals surface area contributed by atoms with Gasteiger partial charge < -0.3 is 10.6 Å². The summed E-state index contributed by atoms with van der Waals surface area (Å²) in [5.41, 5.74) is 0.241. The number of aromatic nitrogens is 3. The van der Waals surface area contributed by atoms with E-state index in [-0.39, 0.29) is 5.69 Å². The zero-order chi connectivity index (χ0) is 15.9. The van der Waals surface area contributed by atoms with Crippen molar-refractivity contribution in [2.45, 2.75) is 12.8 Å². The summed E-state index contributed by atoms with van der Waals surface area (Å²) < 4.78 is 0.357. The van der Waals surface area contributed by atoms with E-state index in [1.165, 1.54) is 18.5 Å². The van der Waals surface area contributed by atoms with Gasteiger partial charge in [-0.15, -0.1) is 0 Å². The van der Waals surface area contributed by atoms with Gasteiger partial charge in [-0.05, 0) is 34.5 Å². The highest BCUT2D eigenvalue weighted by Crippen LogP contribution is 2.27. The highest BCUT2D eigenvalue weighted by Gasteiger charge is 2.13. The highest BCUT2D eigenvalue weighted by molar-refractivity contribution is 9.10. The fourth-order valence-corrected chi connectivity index (χ4v) is 2.11. The first-order valence-corrected chi connectivity index (χ1v) is 7.18. The van der Waals surface area contributed by atoms with Crippen LogP contribution in [0, 0.1) is 10.1 Å². The molecule has 0 atom stereocenters. The Morgan fingerprint density at radius 1 is 1.45 bits per heavy atom. The number of anilines is 1. The molecule has 9 nitrogen and oxygen atoms in total. The van der Waals surface area contributed by atoms with Crippen LogP contribution in [0.1, 0.15) is 12.2 Å². The number of hydrogen-bond acceptors (Lipinski definition) is 5. The molecule has 0 aliphatic rings. The summed E-state index contributed by atoms with van der Waals surface area (Å²) in [6, 6.07) is 3.95. The number of carbonyl (C=O) groups is 1. The van der Waals surface area contributed by atoms with Gasteiger partial charge in [0.2, 0.25) is 0 Å². The molecule has 0 fully saturated rings. The Hall–Kier alpha value is -2.49. The molecule has 2 amide bonds. The maximum Gasteiger partial charge on any atom is 0.319 e. The van der Waals surface area contributed by atoms with Gasteiger partial charge in [-0.1, -0.05) is 0 Å². The molecule has 0 spiro atoms. The van der Waals surface area contributed by atoms with Crippen molar-refractivity contribution < 1.29 is 9.72 Å². The van der Waals surface area contributed by atoms with Crippen LogP contribution in [-0.4, -0.2) is 32.7 Å². The van der Waals surface area contributed by atoms with Gasteiger partial charge in [0.25, 0.3) is 5.69 Å². The number of nitrogens with zero attached hydrogens (tertiary/aromatic N) is 3. The lowest BCUT2D eigenvalue weighted by Crippen LogP contribution is -2.29. The van der Waals surface area contributed by atoms with Crippen molar-refractivity contribution >= 4 is 33.3 Å². The van der Waals surface area contributed by atoms with Crippen molar-refractivity contribution in [1.29, 1.82) is 0 Å². The van der Waals surface area contributed by atoms with Crippen LogP contribution >= 0.6 is 15.9 Å². The number of rotatable bonds is 6. The lowest BCUT2D eigenvalue weighted by Gasteiger charge is -2.07. The molecule has 0 unspecified atom stereocenters. The van der Waals surface area contributed by atoms with Crippen molar-refractivity contribution in [3.05, 3.63) is 44.9 Å². The highest BCUT2D eigenvalue weighted by atomic mass is 79.9. The number of aryl methyl sites for hydroxylation is 1. The van der Waals surface area contributed by atoms with Crippen molar-refractivity contribution in [2.75, 3.05) is 11.9 Å². The molecule has 0 saturated carbocycles. The normalized spacial score (nSPS) is 10.2. The van der Waals surface area contributed by atoms with Gasteiger partial charge >= 0.3 is 6.03 Å². The van der Waals surface area contributed by atoms with Crippen LogP contribution in [0.5, 0.6) is 0 Å². The second kappa shape index (κ2) is 7.50. The van der Waals surface area contributed by atoms with Gasteiger partial charge in [0.15, 0.2) is 0 Å². The molecule has 1 aromatic carbocycles. The van der Waals surface area contributed by atoms with Gasteiger partial charge in [-0.3, -0.25) is 15.2 Å². The molecule has 2 rings (SSSR count). The van der Waals surface area contributed by atoms with E-state index in [1.54, 1.807) is 6.07 Å². The van der Waals surface area contributed by atoms with Crippen LogP contribution in [0.3, 0.4) is 0 Å². The second-order valence-electron chi connectivity index (χ2n) is 4.34. The Kier molecular flexibility index (Phi) is 5.42. The molecule has 0 aliphatic carbocycles. The van der Waals surface area contributed by atoms with Crippen molar-refractivity contribution in [1.82, 2.24) is 20.5 Å². The lowest BCUT2D eigenvalue weighted by molar-refractivity contribution is -0.385. The molecule has 0 aliphatic heterocycles. The van der Waals surface area contributed by atoms with Crippen LogP contribution in [0.15, 0.2) is 29.0 Å². The Morgan fingerprint density at radius 2 is 2.27 bits per heavy atom. The molecule has 10 heteroatoms. The molecule has 116 valence electrons. The molecule has 22 heavy (non-hydrogen) atoms. The quantitative estimate of drug-likeness (QED) is 0.409. The minimum absolute atomic E-state index is 0.108. The summed E-state index contributed by atoms with van der Waals surface area (Å²) in [4.78, 5) is 26.0. The summed E-state index contributed by atoms with van der Waals surface area (Å²) in [6.07, 6.45) is 2.79. The number of hydrogen-bond donors (Lipinski definition) is 3. The summed E-state index contributed by atoms with van der Waals surface area (Å²) >= 11 is 3.08. The Bertz CT molecular complexity index is 661. The fourth-order valence-electron chi connectivity index (χ4n) is 1.71. The Morgan fingerprint density at radius 3 is 2.95 bits per heavy atom. The third kappa shape index (κ3) is 4.52. The number of carbonyl (C=O) groups excluding carboxylic acids is 1. The minimum Gasteiger partial charge on any atom is -0.338 e. The summed E-state index contributed by atoms with van der Waals surface area (Å²) in [7, 11) is 0. The van der Waals surface area contributed by atoms with Gasteiger partial charge in [0.05, 0.1) is 9.40 Å². The molecule has 1 heterocycles. The predicted octanol–water partition coefficient (Wildman–Crippen LogP) is 2.23. The van der Waals surface area contributed by atoms with Crippen molar-refractivity contribution in [3.63, 3.8) is 0 Å². The number of urea groups is 1. The number of nitro groups is 1. The molecule has 0 saturated heterocycles. The van der Waals surface area contributed by atoms with E-state index in [4.69, 9.17) is 0 Å². The van der Waals surface area contributed by atoms with E-state index in [2.05, 4.69) is 41.7 Å². The number of nitrogens with one attached hydrogen (secondary N) is 3. The number of amides is 2. The third-order valence-corrected chi connectivity index (χ3v) is 3.41. The molecule has 0 bridgehead atoms. The standard InChI is InChI=1S/C12H13BrN6O3/c13-9-4-3-8(6-10(9)19(21)22)17-12(20)14-5-1-2-11-15-7-16-18-11/h3-4,6-7H,1-2,5H2,(H2,14,17,20)(H,15,16,18). The zero-order valence-electron chi connectivity index (χ0n) is 11.4. The van der Waals surface area contributed by atoms with E-state index < -0.39 is 11.0 Å². The lowest BCUT2D eigenvalue weighted by atomic mass is 10.3. The van der Waals surface area contributed by atoms with Gasteiger partial charge in [-0.25, -0.2) is 9.78 Å². The average molecular weight is 369 g/mol. The van der Waals surface area contributed by atoms with Crippen LogP contribution in [-0.2, 0) is 6.42 Å². The number of H-pyrrole nitrogens is 1.